The van der Waals surface area contributed by atoms with Crippen molar-refractivity contribution in [2.45, 2.75) is 38.9 Å². The monoisotopic (exact) mass is 228 g/mol. The van der Waals surface area contributed by atoms with Crippen molar-refractivity contribution in [3.63, 3.8) is 0 Å². The second kappa shape index (κ2) is 3.24. The van der Waals surface area contributed by atoms with E-state index in [9.17, 15) is 0 Å². The van der Waals surface area contributed by atoms with E-state index in [4.69, 9.17) is 20.9 Å². The number of nitrogens with zero attached hydrogens (tertiary/aromatic N) is 1. The summed E-state index contributed by atoms with van der Waals surface area (Å²) in [5.41, 5.74) is 0.0727. The lowest BCUT2D eigenvalue weighted by Gasteiger charge is -2.32. The van der Waals surface area contributed by atoms with E-state index in [1.54, 1.807) is 6.20 Å². The van der Waals surface area contributed by atoms with E-state index in [0.717, 1.165) is 5.59 Å². The normalized spacial score (nSPS) is 23.4. The first kappa shape index (κ1) is 11.0. The van der Waals surface area contributed by atoms with E-state index in [1.165, 1.54) is 0 Å². The fourth-order valence-corrected chi connectivity index (χ4v) is 1.56. The van der Waals surface area contributed by atoms with Crippen molar-refractivity contribution < 1.29 is 9.31 Å². The third-order valence-electron chi connectivity index (χ3n) is 3.07. The first-order chi connectivity index (χ1) is 6.82. The van der Waals surface area contributed by atoms with Gasteiger partial charge in [-0.05, 0) is 39.3 Å². The van der Waals surface area contributed by atoms with Crippen LogP contribution in [0.15, 0.2) is 6.20 Å². The third-order valence-corrected chi connectivity index (χ3v) is 3.26. The molecule has 0 amide bonds. The van der Waals surface area contributed by atoms with E-state index in [0.29, 0.717) is 5.28 Å². The van der Waals surface area contributed by atoms with Crippen molar-refractivity contribution in [2.24, 2.45) is 0 Å². The summed E-state index contributed by atoms with van der Waals surface area (Å²) >= 11 is 5.70. The average molecular weight is 228 g/mol. The van der Waals surface area contributed by atoms with Crippen molar-refractivity contribution >= 4 is 24.3 Å². The van der Waals surface area contributed by atoms with E-state index in [1.807, 2.05) is 27.7 Å². The zero-order valence-corrected chi connectivity index (χ0v) is 10.1. The molecule has 1 aliphatic rings. The minimum absolute atomic E-state index is 0.338. The van der Waals surface area contributed by atoms with Gasteiger partial charge in [-0.2, -0.15) is 0 Å². The number of hydrogen-bond donors (Lipinski definition) is 1. The van der Waals surface area contributed by atoms with Gasteiger partial charge in [0.05, 0.1) is 16.8 Å². The average Bonchev–Trinajstić information content (AvgIpc) is 2.56. The van der Waals surface area contributed by atoms with Crippen molar-refractivity contribution in [1.82, 2.24) is 9.97 Å². The third kappa shape index (κ3) is 1.79. The van der Waals surface area contributed by atoms with Crippen LogP contribution in [0.25, 0.3) is 0 Å². The molecule has 1 N–H and O–H groups in total. The second-order valence-corrected chi connectivity index (χ2v) is 5.08. The minimum atomic E-state index is -0.421. The summed E-state index contributed by atoms with van der Waals surface area (Å²) in [6, 6.07) is 0. The second-order valence-electron chi connectivity index (χ2n) is 4.72. The molecule has 15 heavy (non-hydrogen) atoms. The van der Waals surface area contributed by atoms with E-state index in [2.05, 4.69) is 9.97 Å². The molecule has 2 heterocycles. The van der Waals surface area contributed by atoms with Gasteiger partial charge in [0.1, 0.15) is 0 Å². The number of hydrogen-bond acceptors (Lipinski definition) is 3. The van der Waals surface area contributed by atoms with Crippen molar-refractivity contribution in [3.8, 4) is 0 Å². The molecule has 1 fully saturated rings. The highest BCUT2D eigenvalue weighted by Gasteiger charge is 2.52. The van der Waals surface area contributed by atoms with E-state index in [-0.39, 0.29) is 11.2 Å². The van der Waals surface area contributed by atoms with Crippen molar-refractivity contribution in [3.05, 3.63) is 11.5 Å². The van der Waals surface area contributed by atoms with Crippen molar-refractivity contribution in [2.75, 3.05) is 0 Å². The van der Waals surface area contributed by atoms with Crippen LogP contribution >= 0.6 is 11.6 Å². The van der Waals surface area contributed by atoms with Crippen molar-refractivity contribution in [1.29, 1.82) is 0 Å². The molecule has 1 saturated heterocycles. The molecule has 0 unspecified atom stereocenters. The van der Waals surface area contributed by atoms with Crippen LogP contribution in [0.2, 0.25) is 5.28 Å². The van der Waals surface area contributed by atoms with Gasteiger partial charge in [-0.15, -0.1) is 0 Å². The highest BCUT2D eigenvalue weighted by atomic mass is 35.5. The molecule has 0 bridgehead atoms. The number of nitrogens with one attached hydrogen (secondary N) is 1. The standard InChI is InChI=1S/C9H14BClN2O2/c1-8(2)9(3,4)15-10(14-8)6-5-12-7(11)13-6/h5H,1-4H3,(H,12,13). The summed E-state index contributed by atoms with van der Waals surface area (Å²) in [6.45, 7) is 8.02. The Hall–Kier alpha value is -0.515. The molecule has 0 spiro atoms. The van der Waals surface area contributed by atoms with Gasteiger partial charge in [0, 0.05) is 6.20 Å². The Morgan fingerprint density at radius 3 is 2.20 bits per heavy atom. The number of halogens is 1. The number of H-pyrrole nitrogens is 1. The quantitative estimate of drug-likeness (QED) is 0.739. The number of imidazole rings is 1. The molecule has 0 aromatic carbocycles. The molecule has 2 rings (SSSR count). The summed E-state index contributed by atoms with van der Waals surface area (Å²) in [7, 11) is -0.421. The molecule has 1 aromatic heterocycles. The van der Waals surface area contributed by atoms with Crippen LogP contribution in [0.1, 0.15) is 27.7 Å². The fourth-order valence-electron chi connectivity index (χ4n) is 1.40. The van der Waals surface area contributed by atoms with E-state index >= 15 is 0 Å². The lowest BCUT2D eigenvalue weighted by molar-refractivity contribution is 0.00578. The zero-order valence-electron chi connectivity index (χ0n) is 9.30. The molecule has 0 radical (unpaired) electrons. The summed E-state index contributed by atoms with van der Waals surface area (Å²) < 4.78 is 11.6. The summed E-state index contributed by atoms with van der Waals surface area (Å²) in [4.78, 5) is 6.80. The molecule has 0 atom stereocenters. The Balaban J connectivity index is 2.23. The Morgan fingerprint density at radius 1 is 1.27 bits per heavy atom. The summed E-state index contributed by atoms with van der Waals surface area (Å²) in [5, 5.41) is 0.347. The van der Waals surface area contributed by atoms with Gasteiger partial charge in [-0.1, -0.05) is 0 Å². The lowest BCUT2D eigenvalue weighted by Crippen LogP contribution is -2.41. The van der Waals surface area contributed by atoms with Crippen LogP contribution in [0.5, 0.6) is 0 Å². The molecule has 1 aliphatic heterocycles. The fraction of sp³-hybridized carbons (Fsp3) is 0.667. The maximum Gasteiger partial charge on any atom is 0.513 e. The summed E-state index contributed by atoms with van der Waals surface area (Å²) in [6.07, 6.45) is 1.63. The number of rotatable bonds is 1. The van der Waals surface area contributed by atoms with Gasteiger partial charge < -0.3 is 14.3 Å². The first-order valence-corrected chi connectivity index (χ1v) is 5.26. The van der Waals surface area contributed by atoms with Crippen LogP contribution in [0, 0.1) is 0 Å². The molecule has 0 aliphatic carbocycles. The molecular formula is C9H14BClN2O2. The van der Waals surface area contributed by atoms with Gasteiger partial charge >= 0.3 is 7.12 Å². The smallest absolute Gasteiger partial charge is 0.398 e. The van der Waals surface area contributed by atoms with Crippen LogP contribution in [0.3, 0.4) is 0 Å². The van der Waals surface area contributed by atoms with Gasteiger partial charge in [0.2, 0.25) is 0 Å². The highest BCUT2D eigenvalue weighted by molar-refractivity contribution is 6.61. The van der Waals surface area contributed by atoms with Crippen LogP contribution in [0.4, 0.5) is 0 Å². The maximum absolute atomic E-state index is 5.81. The zero-order chi connectivity index (χ0) is 11.3. The molecular weight excluding hydrogens is 214 g/mol. The molecule has 1 aromatic rings. The number of aromatic amines is 1. The topological polar surface area (TPSA) is 47.1 Å². The molecule has 0 saturated carbocycles. The Kier molecular flexibility index (Phi) is 2.37. The highest BCUT2D eigenvalue weighted by Crippen LogP contribution is 2.36. The summed E-state index contributed by atoms with van der Waals surface area (Å²) in [5.74, 6) is 0. The van der Waals surface area contributed by atoms with Gasteiger partial charge in [-0.3, -0.25) is 0 Å². The first-order valence-electron chi connectivity index (χ1n) is 4.88. The van der Waals surface area contributed by atoms with Gasteiger partial charge in [0.15, 0.2) is 5.28 Å². The predicted molar refractivity (Wildman–Crippen MR) is 59.3 cm³/mol. The largest absolute Gasteiger partial charge is 0.513 e. The number of aromatic nitrogens is 2. The Bertz CT molecular complexity index is 362. The predicted octanol–water partition coefficient (Wildman–Crippen LogP) is 1.36. The SMILES string of the molecule is CC1(C)OB(c2cnc(Cl)[nH]2)OC1(C)C. The molecule has 6 heteroatoms. The molecule has 82 valence electrons. The Labute approximate surface area is 94.5 Å². The maximum atomic E-state index is 5.81. The molecule has 4 nitrogen and oxygen atoms in total. The Morgan fingerprint density at radius 2 is 1.80 bits per heavy atom. The van der Waals surface area contributed by atoms with Gasteiger partial charge in [-0.25, -0.2) is 4.98 Å². The lowest BCUT2D eigenvalue weighted by atomic mass is 9.86. The van der Waals surface area contributed by atoms with E-state index < -0.39 is 7.12 Å². The van der Waals surface area contributed by atoms with Crippen LogP contribution in [-0.2, 0) is 9.31 Å². The van der Waals surface area contributed by atoms with Crippen LogP contribution < -0.4 is 5.59 Å². The van der Waals surface area contributed by atoms with Crippen LogP contribution in [-0.4, -0.2) is 28.3 Å². The minimum Gasteiger partial charge on any atom is -0.398 e. The van der Waals surface area contributed by atoms with Gasteiger partial charge in [0.25, 0.3) is 0 Å².